The molecule has 0 aromatic carbocycles. The maximum absolute atomic E-state index is 8.91. The fourth-order valence-corrected chi connectivity index (χ4v) is 0.977. The second kappa shape index (κ2) is 6.19. The Kier molecular flexibility index (Phi) is 8.09. The summed E-state index contributed by atoms with van der Waals surface area (Å²) in [5.41, 5.74) is 5.32. The van der Waals surface area contributed by atoms with Crippen molar-refractivity contribution in [2.75, 3.05) is 13.1 Å². The summed E-state index contributed by atoms with van der Waals surface area (Å²) in [4.78, 5) is 0. The molecule has 2 unspecified atom stereocenters. The van der Waals surface area contributed by atoms with Gasteiger partial charge in [0, 0.05) is 19.1 Å². The number of rotatable bonds is 1. The first kappa shape index (κ1) is 13.1. The third-order valence-electron chi connectivity index (χ3n) is 1.48. The number of aliphatic hydroxyl groups is 1. The molecule has 3 nitrogen and oxygen atoms in total. The van der Waals surface area contributed by atoms with Gasteiger partial charge in [0.25, 0.3) is 0 Å². The Morgan fingerprint density at radius 1 is 1.50 bits per heavy atom. The van der Waals surface area contributed by atoms with Crippen molar-refractivity contribution in [2.45, 2.75) is 18.6 Å². The fourth-order valence-electron chi connectivity index (χ4n) is 0.977. The van der Waals surface area contributed by atoms with Crippen LogP contribution in [0.25, 0.3) is 0 Å². The van der Waals surface area contributed by atoms with Crippen LogP contribution in [0.3, 0.4) is 0 Å². The predicted molar refractivity (Wildman–Crippen MR) is 46.0 cm³/mol. The molecular weight excluding hydrogens is 175 g/mol. The van der Waals surface area contributed by atoms with Crippen LogP contribution in [0, 0.1) is 0 Å². The van der Waals surface area contributed by atoms with Crippen molar-refractivity contribution in [3.8, 4) is 0 Å². The summed E-state index contributed by atoms with van der Waals surface area (Å²) in [7, 11) is 0. The molecule has 64 valence electrons. The molecule has 0 aromatic heterocycles. The molecular formula is C5H14Cl2N2O. The maximum Gasteiger partial charge on any atom is 0.0680 e. The van der Waals surface area contributed by atoms with E-state index in [1.165, 1.54) is 0 Å². The Labute approximate surface area is 73.2 Å². The van der Waals surface area contributed by atoms with Gasteiger partial charge < -0.3 is 16.2 Å². The first-order valence-electron chi connectivity index (χ1n) is 2.94. The number of hydrogen-bond donors (Lipinski definition) is 3. The summed E-state index contributed by atoms with van der Waals surface area (Å²) >= 11 is 0. The zero-order valence-corrected chi connectivity index (χ0v) is 7.25. The van der Waals surface area contributed by atoms with Crippen LogP contribution < -0.4 is 11.1 Å². The van der Waals surface area contributed by atoms with E-state index in [1.807, 2.05) is 0 Å². The highest BCUT2D eigenvalue weighted by molar-refractivity contribution is 5.85. The first-order valence-corrected chi connectivity index (χ1v) is 2.94. The summed E-state index contributed by atoms with van der Waals surface area (Å²) in [6.45, 7) is 1.35. The Bertz CT molecular complexity index is 84.0. The second-order valence-corrected chi connectivity index (χ2v) is 2.23. The Balaban J connectivity index is 0. The summed E-state index contributed by atoms with van der Waals surface area (Å²) in [5, 5.41) is 12.0. The lowest BCUT2D eigenvalue weighted by Crippen LogP contribution is -2.29. The topological polar surface area (TPSA) is 58.3 Å². The van der Waals surface area contributed by atoms with E-state index >= 15 is 0 Å². The van der Waals surface area contributed by atoms with E-state index in [2.05, 4.69) is 5.32 Å². The Morgan fingerprint density at radius 3 is 2.30 bits per heavy atom. The molecule has 1 rings (SSSR count). The van der Waals surface area contributed by atoms with Crippen LogP contribution in [0.15, 0.2) is 0 Å². The van der Waals surface area contributed by atoms with Crippen LogP contribution in [0.5, 0.6) is 0 Å². The van der Waals surface area contributed by atoms with Crippen molar-refractivity contribution >= 4 is 24.8 Å². The van der Waals surface area contributed by atoms with E-state index in [-0.39, 0.29) is 30.9 Å². The van der Waals surface area contributed by atoms with Crippen molar-refractivity contribution < 1.29 is 5.11 Å². The SMILES string of the molecule is Cl.Cl.NCC1CC(O)CN1. The van der Waals surface area contributed by atoms with E-state index in [4.69, 9.17) is 10.8 Å². The lowest BCUT2D eigenvalue weighted by Gasteiger charge is -2.02. The number of aliphatic hydroxyl groups excluding tert-OH is 1. The molecule has 0 saturated carbocycles. The van der Waals surface area contributed by atoms with Crippen LogP contribution in [-0.2, 0) is 0 Å². The number of hydrogen-bond acceptors (Lipinski definition) is 3. The number of nitrogens with one attached hydrogen (secondary N) is 1. The van der Waals surface area contributed by atoms with Crippen LogP contribution >= 0.6 is 24.8 Å². The molecule has 2 atom stereocenters. The maximum atomic E-state index is 8.91. The molecule has 1 heterocycles. The second-order valence-electron chi connectivity index (χ2n) is 2.23. The monoisotopic (exact) mass is 188 g/mol. The minimum absolute atomic E-state index is 0. The lowest BCUT2D eigenvalue weighted by molar-refractivity contribution is 0.193. The quantitative estimate of drug-likeness (QED) is 0.521. The van der Waals surface area contributed by atoms with E-state index in [9.17, 15) is 0 Å². The highest BCUT2D eigenvalue weighted by atomic mass is 35.5. The molecule has 10 heavy (non-hydrogen) atoms. The van der Waals surface area contributed by atoms with E-state index in [0.29, 0.717) is 19.1 Å². The molecule has 0 spiro atoms. The van der Waals surface area contributed by atoms with Crippen molar-refractivity contribution in [1.82, 2.24) is 5.32 Å². The average Bonchev–Trinajstić information content (AvgIpc) is 2.14. The minimum Gasteiger partial charge on any atom is -0.392 e. The zero-order chi connectivity index (χ0) is 5.98. The molecule has 5 heteroatoms. The average molecular weight is 189 g/mol. The van der Waals surface area contributed by atoms with Crippen molar-refractivity contribution in [1.29, 1.82) is 0 Å². The first-order chi connectivity index (χ1) is 3.83. The van der Waals surface area contributed by atoms with Gasteiger partial charge in [0.15, 0.2) is 0 Å². The van der Waals surface area contributed by atoms with E-state index < -0.39 is 0 Å². The molecule has 0 amide bonds. The fraction of sp³-hybridized carbons (Fsp3) is 1.00. The summed E-state index contributed by atoms with van der Waals surface area (Å²) in [6, 6.07) is 0.352. The summed E-state index contributed by atoms with van der Waals surface area (Å²) in [6.07, 6.45) is 0.653. The minimum atomic E-state index is -0.163. The molecule has 1 saturated heterocycles. The molecule has 1 fully saturated rings. The van der Waals surface area contributed by atoms with Gasteiger partial charge in [-0.15, -0.1) is 24.8 Å². The van der Waals surface area contributed by atoms with Gasteiger partial charge in [-0.2, -0.15) is 0 Å². The standard InChI is InChI=1S/C5H12N2O.2ClH/c6-2-4-1-5(8)3-7-4;;/h4-5,7-8H,1-3,6H2;2*1H. The highest BCUT2D eigenvalue weighted by Crippen LogP contribution is 2.03. The summed E-state index contributed by atoms with van der Waals surface area (Å²) in [5.74, 6) is 0. The van der Waals surface area contributed by atoms with Crippen LogP contribution in [0.4, 0.5) is 0 Å². The summed E-state index contributed by atoms with van der Waals surface area (Å²) < 4.78 is 0. The molecule has 1 aliphatic heterocycles. The van der Waals surface area contributed by atoms with Crippen molar-refractivity contribution in [3.63, 3.8) is 0 Å². The molecule has 0 radical (unpaired) electrons. The van der Waals surface area contributed by atoms with Crippen LogP contribution in [0.2, 0.25) is 0 Å². The highest BCUT2D eigenvalue weighted by Gasteiger charge is 2.19. The van der Waals surface area contributed by atoms with Gasteiger partial charge in [-0.05, 0) is 6.42 Å². The normalized spacial score (nSPS) is 30.6. The molecule has 0 aliphatic carbocycles. The number of β-amino-alcohol motifs (C(OH)–C–C–N with tert-alkyl or cyclic N) is 1. The third kappa shape index (κ3) is 3.58. The van der Waals surface area contributed by atoms with Gasteiger partial charge in [-0.25, -0.2) is 0 Å². The van der Waals surface area contributed by atoms with Crippen LogP contribution in [0.1, 0.15) is 6.42 Å². The largest absolute Gasteiger partial charge is 0.392 e. The van der Waals surface area contributed by atoms with Crippen molar-refractivity contribution in [3.05, 3.63) is 0 Å². The molecule has 0 aromatic rings. The number of nitrogens with two attached hydrogens (primary N) is 1. The van der Waals surface area contributed by atoms with Gasteiger partial charge >= 0.3 is 0 Å². The third-order valence-corrected chi connectivity index (χ3v) is 1.48. The Hall–Kier alpha value is 0.460. The van der Waals surface area contributed by atoms with Gasteiger partial charge in [0.2, 0.25) is 0 Å². The van der Waals surface area contributed by atoms with Gasteiger partial charge in [0.05, 0.1) is 6.10 Å². The van der Waals surface area contributed by atoms with Crippen LogP contribution in [-0.4, -0.2) is 30.3 Å². The smallest absolute Gasteiger partial charge is 0.0680 e. The zero-order valence-electron chi connectivity index (χ0n) is 5.62. The molecule has 1 aliphatic rings. The predicted octanol–water partition coefficient (Wildman–Crippen LogP) is -0.489. The van der Waals surface area contributed by atoms with E-state index in [1.54, 1.807) is 0 Å². The Morgan fingerprint density at radius 2 is 2.10 bits per heavy atom. The lowest BCUT2D eigenvalue weighted by atomic mass is 10.2. The molecule has 0 bridgehead atoms. The van der Waals surface area contributed by atoms with Crippen molar-refractivity contribution in [2.24, 2.45) is 5.73 Å². The van der Waals surface area contributed by atoms with Gasteiger partial charge in [-0.1, -0.05) is 0 Å². The van der Waals surface area contributed by atoms with Gasteiger partial charge in [-0.3, -0.25) is 0 Å². The molecule has 4 N–H and O–H groups in total. The number of halogens is 2. The van der Waals surface area contributed by atoms with Gasteiger partial charge in [0.1, 0.15) is 0 Å². The van der Waals surface area contributed by atoms with E-state index in [0.717, 1.165) is 6.42 Å².